The minimum atomic E-state index is -0.454. The lowest BCUT2D eigenvalue weighted by atomic mass is 10.3. The van der Waals surface area contributed by atoms with Crippen LogP contribution < -0.4 is 5.32 Å². The molecule has 0 unspecified atom stereocenters. The lowest BCUT2D eigenvalue weighted by Crippen LogP contribution is -1.89. The van der Waals surface area contributed by atoms with E-state index in [1.807, 2.05) is 30.3 Å². The predicted molar refractivity (Wildman–Crippen MR) is 55.5 cm³/mol. The average Bonchev–Trinajstić information content (AvgIpc) is 2.52. The maximum atomic E-state index is 12.8. The van der Waals surface area contributed by atoms with Gasteiger partial charge in [-0.15, -0.1) is 0 Å². The summed E-state index contributed by atoms with van der Waals surface area (Å²) in [5, 5.41) is 3.04. The van der Waals surface area contributed by atoms with Crippen molar-refractivity contribution in [2.24, 2.45) is 0 Å². The van der Waals surface area contributed by atoms with Crippen LogP contribution in [0.15, 0.2) is 36.5 Å². The van der Waals surface area contributed by atoms with E-state index in [-0.39, 0.29) is 5.02 Å². The van der Waals surface area contributed by atoms with Crippen molar-refractivity contribution in [3.63, 3.8) is 0 Å². The highest BCUT2D eigenvalue weighted by Crippen LogP contribution is 2.26. The molecule has 0 bridgehead atoms. The summed E-state index contributed by atoms with van der Waals surface area (Å²) >= 11 is 5.69. The Morgan fingerprint density at radius 2 is 1.93 bits per heavy atom. The van der Waals surface area contributed by atoms with Gasteiger partial charge < -0.3 is 10.3 Å². The molecule has 0 amide bonds. The van der Waals surface area contributed by atoms with Crippen LogP contribution in [0.5, 0.6) is 0 Å². The summed E-state index contributed by atoms with van der Waals surface area (Å²) < 4.78 is 12.8. The number of hydrogen-bond donors (Lipinski definition) is 2. The van der Waals surface area contributed by atoms with Gasteiger partial charge in [0, 0.05) is 11.9 Å². The Hall–Kier alpha value is -1.48. The SMILES string of the molecule is Fc1c[nH]c(Nc2ccccc2)c1Cl. The van der Waals surface area contributed by atoms with Crippen molar-refractivity contribution >= 4 is 23.1 Å². The van der Waals surface area contributed by atoms with E-state index >= 15 is 0 Å². The van der Waals surface area contributed by atoms with Gasteiger partial charge in [-0.05, 0) is 12.1 Å². The Morgan fingerprint density at radius 3 is 2.50 bits per heavy atom. The molecule has 0 aliphatic rings. The molecule has 72 valence electrons. The summed E-state index contributed by atoms with van der Waals surface area (Å²) in [6, 6.07) is 9.41. The van der Waals surface area contributed by atoms with Crippen molar-refractivity contribution in [3.8, 4) is 0 Å². The molecule has 1 aromatic carbocycles. The molecule has 0 aliphatic heterocycles. The van der Waals surface area contributed by atoms with Crippen molar-refractivity contribution in [3.05, 3.63) is 47.4 Å². The number of para-hydroxylation sites is 1. The average molecular weight is 211 g/mol. The first-order valence-electron chi connectivity index (χ1n) is 4.12. The summed E-state index contributed by atoms with van der Waals surface area (Å²) in [5.41, 5.74) is 0.858. The molecule has 1 heterocycles. The molecule has 0 radical (unpaired) electrons. The normalized spacial score (nSPS) is 10.1. The van der Waals surface area contributed by atoms with Crippen LogP contribution in [0.1, 0.15) is 0 Å². The van der Waals surface area contributed by atoms with E-state index in [1.54, 1.807) is 0 Å². The van der Waals surface area contributed by atoms with Gasteiger partial charge in [-0.2, -0.15) is 0 Å². The maximum absolute atomic E-state index is 12.8. The number of anilines is 2. The third-order valence-corrected chi connectivity index (χ3v) is 2.19. The minimum absolute atomic E-state index is 0.0776. The smallest absolute Gasteiger partial charge is 0.161 e. The third-order valence-electron chi connectivity index (χ3n) is 1.82. The first-order chi connectivity index (χ1) is 6.77. The number of nitrogens with one attached hydrogen (secondary N) is 2. The number of halogens is 2. The van der Waals surface area contributed by atoms with Gasteiger partial charge in [-0.1, -0.05) is 29.8 Å². The summed E-state index contributed by atoms with van der Waals surface area (Å²) in [6.45, 7) is 0. The molecule has 0 saturated carbocycles. The van der Waals surface area contributed by atoms with E-state index in [9.17, 15) is 4.39 Å². The highest BCUT2D eigenvalue weighted by molar-refractivity contribution is 6.33. The van der Waals surface area contributed by atoms with Crippen LogP contribution in [0.2, 0.25) is 5.02 Å². The molecular weight excluding hydrogens is 203 g/mol. The van der Waals surface area contributed by atoms with Crippen LogP contribution in [0.25, 0.3) is 0 Å². The molecule has 0 aliphatic carbocycles. The summed E-state index contributed by atoms with van der Waals surface area (Å²) in [7, 11) is 0. The van der Waals surface area contributed by atoms with E-state index in [1.165, 1.54) is 6.20 Å². The quantitative estimate of drug-likeness (QED) is 0.780. The monoisotopic (exact) mass is 210 g/mol. The summed E-state index contributed by atoms with van der Waals surface area (Å²) in [4.78, 5) is 2.70. The Balaban J connectivity index is 2.23. The fraction of sp³-hybridized carbons (Fsp3) is 0. The zero-order chi connectivity index (χ0) is 9.97. The standard InChI is InChI=1S/C10H8ClFN2/c11-9-8(12)6-13-10(9)14-7-4-2-1-3-5-7/h1-6,13-14H. The van der Waals surface area contributed by atoms with Gasteiger partial charge in [0.1, 0.15) is 10.8 Å². The van der Waals surface area contributed by atoms with Crippen molar-refractivity contribution < 1.29 is 4.39 Å². The van der Waals surface area contributed by atoms with Crippen molar-refractivity contribution in [2.45, 2.75) is 0 Å². The fourth-order valence-corrected chi connectivity index (χ4v) is 1.29. The number of rotatable bonds is 2. The van der Waals surface area contributed by atoms with Gasteiger partial charge in [0.2, 0.25) is 0 Å². The second-order valence-corrected chi connectivity index (χ2v) is 3.19. The molecule has 4 heteroatoms. The van der Waals surface area contributed by atoms with Crippen molar-refractivity contribution in [1.82, 2.24) is 4.98 Å². The molecule has 2 nitrogen and oxygen atoms in total. The van der Waals surface area contributed by atoms with Crippen LogP contribution in [0, 0.1) is 5.82 Å². The van der Waals surface area contributed by atoms with E-state index in [0.29, 0.717) is 5.82 Å². The van der Waals surface area contributed by atoms with E-state index in [4.69, 9.17) is 11.6 Å². The van der Waals surface area contributed by atoms with E-state index in [2.05, 4.69) is 10.3 Å². The van der Waals surface area contributed by atoms with Gasteiger partial charge in [0.25, 0.3) is 0 Å². The molecule has 2 aromatic rings. The molecular formula is C10H8ClFN2. The lowest BCUT2D eigenvalue weighted by Gasteiger charge is -2.03. The Bertz CT molecular complexity index is 425. The second kappa shape index (κ2) is 3.72. The van der Waals surface area contributed by atoms with Crippen LogP contribution >= 0.6 is 11.6 Å². The molecule has 0 fully saturated rings. The largest absolute Gasteiger partial charge is 0.344 e. The van der Waals surface area contributed by atoms with Crippen molar-refractivity contribution in [2.75, 3.05) is 5.32 Å². The molecule has 0 spiro atoms. The van der Waals surface area contributed by atoms with Crippen LogP contribution in [0.4, 0.5) is 15.9 Å². The number of H-pyrrole nitrogens is 1. The molecule has 0 saturated heterocycles. The Labute approximate surface area is 85.7 Å². The molecule has 1 aromatic heterocycles. The van der Waals surface area contributed by atoms with Crippen LogP contribution in [-0.4, -0.2) is 4.98 Å². The van der Waals surface area contributed by atoms with E-state index in [0.717, 1.165) is 5.69 Å². The second-order valence-electron chi connectivity index (χ2n) is 2.82. The first-order valence-corrected chi connectivity index (χ1v) is 4.49. The molecule has 14 heavy (non-hydrogen) atoms. The van der Waals surface area contributed by atoms with Crippen molar-refractivity contribution in [1.29, 1.82) is 0 Å². The van der Waals surface area contributed by atoms with Crippen LogP contribution in [0.3, 0.4) is 0 Å². The number of aromatic nitrogens is 1. The molecule has 2 rings (SSSR count). The highest BCUT2D eigenvalue weighted by atomic mass is 35.5. The zero-order valence-electron chi connectivity index (χ0n) is 7.22. The first kappa shape index (κ1) is 9.09. The lowest BCUT2D eigenvalue weighted by molar-refractivity contribution is 0.630. The van der Waals surface area contributed by atoms with Gasteiger partial charge >= 0.3 is 0 Å². The fourth-order valence-electron chi connectivity index (χ4n) is 1.14. The third kappa shape index (κ3) is 1.72. The van der Waals surface area contributed by atoms with E-state index < -0.39 is 5.82 Å². The van der Waals surface area contributed by atoms with Gasteiger partial charge in [-0.25, -0.2) is 4.39 Å². The van der Waals surface area contributed by atoms with Gasteiger partial charge in [-0.3, -0.25) is 0 Å². The molecule has 2 N–H and O–H groups in total. The van der Waals surface area contributed by atoms with Gasteiger partial charge in [0.05, 0.1) is 0 Å². The Kier molecular flexibility index (Phi) is 2.41. The number of benzene rings is 1. The summed E-state index contributed by atoms with van der Waals surface area (Å²) in [5.74, 6) is 0.0143. The van der Waals surface area contributed by atoms with Gasteiger partial charge in [0.15, 0.2) is 5.82 Å². The number of hydrogen-bond acceptors (Lipinski definition) is 1. The topological polar surface area (TPSA) is 27.8 Å². The minimum Gasteiger partial charge on any atom is -0.344 e. The zero-order valence-corrected chi connectivity index (χ0v) is 7.98. The highest BCUT2D eigenvalue weighted by Gasteiger charge is 2.07. The Morgan fingerprint density at radius 1 is 1.21 bits per heavy atom. The predicted octanol–water partition coefficient (Wildman–Crippen LogP) is 3.55. The summed E-state index contributed by atoms with van der Waals surface area (Å²) in [6.07, 6.45) is 1.22. The number of aromatic amines is 1. The maximum Gasteiger partial charge on any atom is 0.161 e. The van der Waals surface area contributed by atoms with Crippen LogP contribution in [-0.2, 0) is 0 Å². The molecule has 0 atom stereocenters.